The molecular weight excluding hydrogens is 266 g/mol. The molecule has 1 aromatic carbocycles. The Morgan fingerprint density at radius 2 is 1.90 bits per heavy atom. The number of carbonyl (C=O) groups excluding carboxylic acids is 2. The first-order chi connectivity index (χ1) is 9.97. The zero-order valence-corrected chi connectivity index (χ0v) is 12.2. The summed E-state index contributed by atoms with van der Waals surface area (Å²) in [5.74, 6) is -0.230. The molecule has 1 heterocycles. The average Bonchev–Trinajstić information content (AvgIpc) is 2.83. The van der Waals surface area contributed by atoms with Gasteiger partial charge in [-0.1, -0.05) is 12.1 Å². The Morgan fingerprint density at radius 1 is 1.24 bits per heavy atom. The fourth-order valence-electron chi connectivity index (χ4n) is 2.08. The average molecular weight is 285 g/mol. The summed E-state index contributed by atoms with van der Waals surface area (Å²) < 4.78 is 1.66. The van der Waals surface area contributed by atoms with Gasteiger partial charge in [-0.15, -0.1) is 0 Å². The highest BCUT2D eigenvalue weighted by Crippen LogP contribution is 2.09. The lowest BCUT2D eigenvalue weighted by molar-refractivity contribution is 0.0945. The van der Waals surface area contributed by atoms with Gasteiger partial charge in [0.1, 0.15) is 5.69 Å². The van der Waals surface area contributed by atoms with Gasteiger partial charge in [-0.3, -0.25) is 9.59 Å². The topological polar surface area (TPSA) is 77.1 Å². The highest BCUT2D eigenvalue weighted by Gasteiger charge is 2.13. The molecule has 1 aromatic heterocycles. The Morgan fingerprint density at radius 3 is 2.48 bits per heavy atom. The smallest absolute Gasteiger partial charge is 0.267 e. The van der Waals surface area contributed by atoms with Crippen LogP contribution in [-0.2, 0) is 13.5 Å². The van der Waals surface area contributed by atoms with Crippen LogP contribution in [0.3, 0.4) is 0 Å². The first-order valence-electron chi connectivity index (χ1n) is 6.77. The van der Waals surface area contributed by atoms with Crippen LogP contribution >= 0.6 is 0 Å². The van der Waals surface area contributed by atoms with Gasteiger partial charge in [0.25, 0.3) is 5.91 Å². The summed E-state index contributed by atoms with van der Waals surface area (Å²) >= 11 is 0. The highest BCUT2D eigenvalue weighted by molar-refractivity contribution is 5.99. The maximum atomic E-state index is 12.1. The first-order valence-corrected chi connectivity index (χ1v) is 6.77. The van der Waals surface area contributed by atoms with E-state index in [-0.39, 0.29) is 11.7 Å². The number of aromatic nitrogens is 1. The van der Waals surface area contributed by atoms with Crippen molar-refractivity contribution in [1.82, 2.24) is 9.88 Å². The molecule has 21 heavy (non-hydrogen) atoms. The molecule has 2 rings (SSSR count). The molecule has 0 saturated carbocycles. The van der Waals surface area contributed by atoms with E-state index in [1.807, 2.05) is 24.3 Å². The number of anilines is 1. The third-order valence-electron chi connectivity index (χ3n) is 3.32. The predicted octanol–water partition coefficient (Wildman–Crippen LogP) is 1.78. The molecule has 0 atom stereocenters. The second-order valence-electron chi connectivity index (χ2n) is 5.03. The van der Waals surface area contributed by atoms with Crippen LogP contribution in [0.1, 0.15) is 33.3 Å². The van der Waals surface area contributed by atoms with Crippen LogP contribution in [0.5, 0.6) is 0 Å². The van der Waals surface area contributed by atoms with Gasteiger partial charge in [0, 0.05) is 31.0 Å². The van der Waals surface area contributed by atoms with E-state index < -0.39 is 0 Å². The van der Waals surface area contributed by atoms with Crippen LogP contribution in [0.2, 0.25) is 0 Å². The van der Waals surface area contributed by atoms with Crippen molar-refractivity contribution in [3.8, 4) is 0 Å². The van der Waals surface area contributed by atoms with Crippen LogP contribution in [0, 0.1) is 0 Å². The van der Waals surface area contributed by atoms with Crippen molar-refractivity contribution in [1.29, 1.82) is 0 Å². The van der Waals surface area contributed by atoms with Crippen LogP contribution < -0.4 is 11.1 Å². The van der Waals surface area contributed by atoms with Gasteiger partial charge in [-0.25, -0.2) is 0 Å². The van der Waals surface area contributed by atoms with E-state index in [2.05, 4.69) is 5.32 Å². The Bertz CT molecular complexity index is 657. The number of nitrogens with zero attached hydrogens (tertiary/aromatic N) is 1. The van der Waals surface area contributed by atoms with E-state index in [0.29, 0.717) is 17.8 Å². The van der Waals surface area contributed by atoms with Gasteiger partial charge in [0.15, 0.2) is 5.78 Å². The number of Topliss-reactive ketones (excluding diaryl/α,β-unsaturated/α-hetero) is 1. The summed E-state index contributed by atoms with van der Waals surface area (Å²) in [6.07, 6.45) is 2.40. The zero-order chi connectivity index (χ0) is 15.4. The van der Waals surface area contributed by atoms with Crippen molar-refractivity contribution >= 4 is 17.4 Å². The molecule has 0 fully saturated rings. The number of nitrogens with two attached hydrogens (primary N) is 1. The molecule has 1 amide bonds. The van der Waals surface area contributed by atoms with E-state index in [1.165, 1.54) is 6.92 Å². The fraction of sp³-hybridized carbons (Fsp3) is 0.250. The van der Waals surface area contributed by atoms with Gasteiger partial charge >= 0.3 is 0 Å². The molecule has 2 aromatic rings. The Labute approximate surface area is 123 Å². The number of nitrogens with one attached hydrogen (secondary N) is 1. The van der Waals surface area contributed by atoms with Gasteiger partial charge in [-0.05, 0) is 37.1 Å². The van der Waals surface area contributed by atoms with Crippen molar-refractivity contribution in [3.63, 3.8) is 0 Å². The van der Waals surface area contributed by atoms with Crippen molar-refractivity contribution in [2.45, 2.75) is 13.3 Å². The largest absolute Gasteiger partial charge is 0.399 e. The number of aryl methyl sites for hydroxylation is 1. The zero-order valence-electron chi connectivity index (χ0n) is 12.2. The maximum Gasteiger partial charge on any atom is 0.267 e. The minimum absolute atomic E-state index is 0.0495. The number of benzene rings is 1. The molecule has 0 saturated heterocycles. The molecule has 5 nitrogen and oxygen atoms in total. The van der Waals surface area contributed by atoms with Crippen molar-refractivity contribution in [2.24, 2.45) is 7.05 Å². The Balaban J connectivity index is 1.92. The summed E-state index contributed by atoms with van der Waals surface area (Å²) in [6.45, 7) is 2.02. The van der Waals surface area contributed by atoms with Gasteiger partial charge < -0.3 is 15.6 Å². The quantitative estimate of drug-likeness (QED) is 0.649. The molecule has 0 bridgehead atoms. The third-order valence-corrected chi connectivity index (χ3v) is 3.32. The molecule has 110 valence electrons. The van der Waals surface area contributed by atoms with Crippen LogP contribution in [0.15, 0.2) is 36.5 Å². The number of amides is 1. The first kappa shape index (κ1) is 14.8. The van der Waals surface area contributed by atoms with Crippen LogP contribution in [-0.4, -0.2) is 22.8 Å². The molecule has 0 aliphatic heterocycles. The third kappa shape index (κ3) is 3.72. The number of nitrogen functional groups attached to an aromatic ring is 1. The number of hydrogen-bond donors (Lipinski definition) is 2. The monoisotopic (exact) mass is 285 g/mol. The van der Waals surface area contributed by atoms with E-state index in [1.54, 1.807) is 23.9 Å². The lowest BCUT2D eigenvalue weighted by Crippen LogP contribution is -2.27. The van der Waals surface area contributed by atoms with Gasteiger partial charge in [0.05, 0.1) is 0 Å². The summed E-state index contributed by atoms with van der Waals surface area (Å²) in [6, 6.07) is 9.18. The minimum atomic E-state index is -0.180. The molecule has 3 N–H and O–H groups in total. The minimum Gasteiger partial charge on any atom is -0.399 e. The lowest BCUT2D eigenvalue weighted by atomic mass is 10.1. The van der Waals surface area contributed by atoms with Crippen LogP contribution in [0.25, 0.3) is 0 Å². The van der Waals surface area contributed by atoms with E-state index in [0.717, 1.165) is 17.7 Å². The highest BCUT2D eigenvalue weighted by atomic mass is 16.2. The maximum absolute atomic E-state index is 12.1. The number of ketones is 1. The second kappa shape index (κ2) is 6.26. The summed E-state index contributed by atoms with van der Waals surface area (Å²) in [5, 5.41) is 2.85. The van der Waals surface area contributed by atoms with E-state index >= 15 is 0 Å². The van der Waals surface area contributed by atoms with Crippen molar-refractivity contribution in [3.05, 3.63) is 53.3 Å². The Hall–Kier alpha value is -2.56. The van der Waals surface area contributed by atoms with E-state index in [4.69, 9.17) is 5.73 Å². The van der Waals surface area contributed by atoms with Crippen LogP contribution in [0.4, 0.5) is 5.69 Å². The van der Waals surface area contributed by atoms with Crippen molar-refractivity contribution < 1.29 is 9.59 Å². The second-order valence-corrected chi connectivity index (χ2v) is 5.03. The molecule has 0 radical (unpaired) electrons. The molecule has 0 aliphatic carbocycles. The van der Waals surface area contributed by atoms with E-state index in [9.17, 15) is 9.59 Å². The van der Waals surface area contributed by atoms with Crippen molar-refractivity contribution in [2.75, 3.05) is 12.3 Å². The normalized spacial score (nSPS) is 10.4. The number of carbonyl (C=O) groups is 2. The van der Waals surface area contributed by atoms with Gasteiger partial charge in [-0.2, -0.15) is 0 Å². The summed E-state index contributed by atoms with van der Waals surface area (Å²) in [4.78, 5) is 23.4. The SMILES string of the molecule is CC(=O)c1cc(C(=O)NCCc2ccc(N)cc2)n(C)c1. The molecular formula is C16H19N3O2. The van der Waals surface area contributed by atoms with Gasteiger partial charge in [0.2, 0.25) is 0 Å². The predicted molar refractivity (Wildman–Crippen MR) is 82.3 cm³/mol. The summed E-state index contributed by atoms with van der Waals surface area (Å²) in [5.41, 5.74) is 8.49. The molecule has 0 aliphatic rings. The molecule has 0 spiro atoms. The Kier molecular flexibility index (Phi) is 4.42. The lowest BCUT2D eigenvalue weighted by Gasteiger charge is -2.06. The number of rotatable bonds is 5. The molecule has 0 unspecified atom stereocenters. The number of hydrogen-bond acceptors (Lipinski definition) is 3. The standard InChI is InChI=1S/C16H19N3O2/c1-11(20)13-9-15(19(2)10-13)16(21)18-8-7-12-3-5-14(17)6-4-12/h3-6,9-10H,7-8,17H2,1-2H3,(H,18,21). The molecule has 5 heteroatoms. The summed E-state index contributed by atoms with van der Waals surface area (Å²) in [7, 11) is 1.75. The fourth-order valence-corrected chi connectivity index (χ4v) is 2.08.